The Labute approximate surface area is 170 Å². The predicted molar refractivity (Wildman–Crippen MR) is 109 cm³/mol. The summed E-state index contributed by atoms with van der Waals surface area (Å²) in [6, 6.07) is 8.62. The number of hydrogen-bond donors (Lipinski definition) is 1. The first kappa shape index (κ1) is 19.4. The number of benzene rings is 1. The van der Waals surface area contributed by atoms with Crippen molar-refractivity contribution in [2.24, 2.45) is 0 Å². The zero-order valence-electron chi connectivity index (χ0n) is 16.7. The molecule has 0 unspecified atom stereocenters. The summed E-state index contributed by atoms with van der Waals surface area (Å²) >= 11 is 0. The Kier molecular flexibility index (Phi) is 5.76. The number of hydrogen-bond acceptors (Lipinski definition) is 7. The van der Waals surface area contributed by atoms with Gasteiger partial charge in [0.25, 0.3) is 0 Å². The van der Waals surface area contributed by atoms with Crippen molar-refractivity contribution in [2.75, 3.05) is 38.6 Å². The van der Waals surface area contributed by atoms with Gasteiger partial charge in [0.15, 0.2) is 0 Å². The van der Waals surface area contributed by atoms with Gasteiger partial charge in [0.1, 0.15) is 12.1 Å². The molecule has 2 aromatic rings. The predicted octanol–water partition coefficient (Wildman–Crippen LogP) is 2.61. The molecule has 1 aromatic heterocycles. The molecule has 1 aliphatic heterocycles. The molecule has 4 rings (SSSR count). The minimum Gasteiger partial charge on any atom is -0.453 e. The fraction of sp³-hybridized carbons (Fsp3) is 0.524. The minimum absolute atomic E-state index is 0.228. The first-order chi connectivity index (χ1) is 14.2. The summed E-state index contributed by atoms with van der Waals surface area (Å²) in [6.45, 7) is 3.29. The van der Waals surface area contributed by atoms with E-state index < -0.39 is 0 Å². The Balaban J connectivity index is 1.34. The molecular weight excluding hydrogens is 368 g/mol. The molecule has 1 N–H and O–H groups in total. The van der Waals surface area contributed by atoms with E-state index in [0.717, 1.165) is 68.6 Å². The highest BCUT2D eigenvalue weighted by Gasteiger charge is 2.30. The van der Waals surface area contributed by atoms with Crippen molar-refractivity contribution >= 4 is 22.8 Å². The maximum absolute atomic E-state index is 11.6. The van der Waals surface area contributed by atoms with Gasteiger partial charge in [-0.2, -0.15) is 5.26 Å². The average Bonchev–Trinajstić information content (AvgIpc) is 2.79. The van der Waals surface area contributed by atoms with Crippen molar-refractivity contribution in [1.82, 2.24) is 19.8 Å². The Hall–Kier alpha value is -2.92. The number of fused-ring (bicyclic) bond motifs is 1. The number of amides is 1. The topological polar surface area (TPSA) is 94.4 Å². The van der Waals surface area contributed by atoms with Crippen molar-refractivity contribution in [2.45, 2.75) is 37.8 Å². The van der Waals surface area contributed by atoms with Gasteiger partial charge in [0.2, 0.25) is 0 Å². The van der Waals surface area contributed by atoms with Crippen LogP contribution in [0.4, 0.5) is 10.6 Å². The number of nitrogens with one attached hydrogen (secondary N) is 1. The number of rotatable bonds is 3. The third-order valence-electron chi connectivity index (χ3n) is 6.07. The molecule has 1 aromatic carbocycles. The van der Waals surface area contributed by atoms with E-state index in [1.165, 1.54) is 7.11 Å². The Morgan fingerprint density at radius 2 is 1.93 bits per heavy atom. The second-order valence-electron chi connectivity index (χ2n) is 7.71. The van der Waals surface area contributed by atoms with Crippen molar-refractivity contribution in [3.05, 3.63) is 30.1 Å². The van der Waals surface area contributed by atoms with Crippen LogP contribution in [0, 0.1) is 11.3 Å². The lowest BCUT2D eigenvalue weighted by atomic mass is 9.89. The zero-order valence-corrected chi connectivity index (χ0v) is 16.7. The van der Waals surface area contributed by atoms with Crippen molar-refractivity contribution < 1.29 is 9.53 Å². The van der Waals surface area contributed by atoms with Crippen LogP contribution >= 0.6 is 0 Å². The second-order valence-corrected chi connectivity index (χ2v) is 7.71. The van der Waals surface area contributed by atoms with Crippen molar-refractivity contribution in [3.8, 4) is 6.07 Å². The van der Waals surface area contributed by atoms with Gasteiger partial charge >= 0.3 is 6.09 Å². The summed E-state index contributed by atoms with van der Waals surface area (Å²) < 4.78 is 4.82. The first-order valence-corrected chi connectivity index (χ1v) is 10.2. The number of carbonyl (C=O) groups is 1. The van der Waals surface area contributed by atoms with Crippen LogP contribution in [0.1, 0.15) is 31.2 Å². The van der Waals surface area contributed by atoms with Gasteiger partial charge in [-0.1, -0.05) is 0 Å². The number of methoxy groups -OCH3 is 1. The van der Waals surface area contributed by atoms with E-state index >= 15 is 0 Å². The van der Waals surface area contributed by atoms with Crippen LogP contribution in [-0.2, 0) is 4.74 Å². The molecule has 0 atom stereocenters. The number of nitriles is 1. The van der Waals surface area contributed by atoms with E-state index in [2.05, 4.69) is 26.3 Å². The molecule has 8 heteroatoms. The highest BCUT2D eigenvalue weighted by molar-refractivity contribution is 5.89. The standard InChI is InChI=1S/C21H26N6O2/c1-29-21(28)27-10-8-26(9-11-27)17-5-3-16(4-6-17)25-20-18-12-15(13-22)2-7-19(18)23-14-24-20/h2,7,12,14,16-17H,3-6,8-11H2,1H3,(H,23,24,25). The fourth-order valence-electron chi connectivity index (χ4n) is 4.42. The maximum Gasteiger partial charge on any atom is 0.409 e. The molecule has 2 aliphatic rings. The molecule has 152 valence electrons. The molecule has 2 fully saturated rings. The molecule has 2 heterocycles. The number of piperazine rings is 1. The highest BCUT2D eigenvalue weighted by Crippen LogP contribution is 2.28. The van der Waals surface area contributed by atoms with Crippen LogP contribution in [0.15, 0.2) is 24.5 Å². The third-order valence-corrected chi connectivity index (χ3v) is 6.07. The normalized spacial score (nSPS) is 22.8. The molecule has 1 saturated carbocycles. The SMILES string of the molecule is COC(=O)N1CCN(C2CCC(Nc3ncnc4ccc(C#N)cc34)CC2)CC1. The quantitative estimate of drug-likeness (QED) is 0.855. The van der Waals surface area contributed by atoms with Gasteiger partial charge in [-0.15, -0.1) is 0 Å². The second kappa shape index (κ2) is 8.62. The summed E-state index contributed by atoms with van der Waals surface area (Å²) in [6.07, 6.45) is 5.75. The van der Waals surface area contributed by atoms with Gasteiger partial charge < -0.3 is 15.0 Å². The molecule has 0 bridgehead atoms. The van der Waals surface area contributed by atoms with Crippen LogP contribution < -0.4 is 5.32 Å². The largest absolute Gasteiger partial charge is 0.453 e. The van der Waals surface area contributed by atoms with E-state index in [4.69, 9.17) is 4.74 Å². The Morgan fingerprint density at radius 1 is 1.17 bits per heavy atom. The Bertz CT molecular complexity index is 911. The van der Waals surface area contributed by atoms with Crippen LogP contribution in [0.2, 0.25) is 0 Å². The summed E-state index contributed by atoms with van der Waals surface area (Å²) in [4.78, 5) is 24.7. The monoisotopic (exact) mass is 394 g/mol. The van der Waals surface area contributed by atoms with E-state index in [1.807, 2.05) is 12.1 Å². The van der Waals surface area contributed by atoms with E-state index in [1.54, 1.807) is 17.3 Å². The van der Waals surface area contributed by atoms with Crippen LogP contribution in [-0.4, -0.2) is 71.2 Å². The molecular formula is C21H26N6O2. The third kappa shape index (κ3) is 4.25. The lowest BCUT2D eigenvalue weighted by Gasteiger charge is -2.41. The lowest BCUT2D eigenvalue weighted by molar-refractivity contribution is 0.0642. The van der Waals surface area contributed by atoms with E-state index in [9.17, 15) is 10.1 Å². The van der Waals surface area contributed by atoms with Gasteiger partial charge in [0.05, 0.1) is 24.3 Å². The number of anilines is 1. The molecule has 0 radical (unpaired) electrons. The summed E-state index contributed by atoms with van der Waals surface area (Å²) in [5.74, 6) is 0.808. The number of aromatic nitrogens is 2. The summed E-state index contributed by atoms with van der Waals surface area (Å²) in [5, 5.41) is 13.7. The molecule has 0 spiro atoms. The summed E-state index contributed by atoms with van der Waals surface area (Å²) in [7, 11) is 1.44. The van der Waals surface area contributed by atoms with Gasteiger partial charge in [-0.3, -0.25) is 4.90 Å². The number of nitrogens with zero attached hydrogens (tertiary/aromatic N) is 5. The van der Waals surface area contributed by atoms with Gasteiger partial charge in [0, 0.05) is 43.6 Å². The molecule has 1 aliphatic carbocycles. The lowest BCUT2D eigenvalue weighted by Crippen LogP contribution is -2.53. The highest BCUT2D eigenvalue weighted by atomic mass is 16.5. The average molecular weight is 394 g/mol. The molecule has 29 heavy (non-hydrogen) atoms. The number of ether oxygens (including phenoxy) is 1. The van der Waals surface area contributed by atoms with Crippen LogP contribution in [0.25, 0.3) is 10.9 Å². The van der Waals surface area contributed by atoms with Crippen LogP contribution in [0.3, 0.4) is 0 Å². The number of carbonyl (C=O) groups excluding carboxylic acids is 1. The maximum atomic E-state index is 11.6. The summed E-state index contributed by atoms with van der Waals surface area (Å²) in [5.41, 5.74) is 1.46. The molecule has 8 nitrogen and oxygen atoms in total. The Morgan fingerprint density at radius 3 is 2.62 bits per heavy atom. The van der Waals surface area contributed by atoms with Crippen LogP contribution in [0.5, 0.6) is 0 Å². The molecule has 1 amide bonds. The smallest absolute Gasteiger partial charge is 0.409 e. The van der Waals surface area contributed by atoms with E-state index in [-0.39, 0.29) is 6.09 Å². The molecule has 1 saturated heterocycles. The van der Waals surface area contributed by atoms with Gasteiger partial charge in [-0.05, 0) is 43.9 Å². The first-order valence-electron chi connectivity index (χ1n) is 10.2. The van der Waals surface area contributed by atoms with Gasteiger partial charge in [-0.25, -0.2) is 14.8 Å². The zero-order chi connectivity index (χ0) is 20.2. The van der Waals surface area contributed by atoms with Crippen molar-refractivity contribution in [3.63, 3.8) is 0 Å². The van der Waals surface area contributed by atoms with Crippen molar-refractivity contribution in [1.29, 1.82) is 5.26 Å². The fourth-order valence-corrected chi connectivity index (χ4v) is 4.42. The van der Waals surface area contributed by atoms with E-state index in [0.29, 0.717) is 17.6 Å². The minimum atomic E-state index is -0.228.